The maximum absolute atomic E-state index is 4.76. The summed E-state index contributed by atoms with van der Waals surface area (Å²) in [4.78, 5) is 7.15. The Bertz CT molecular complexity index is 490. The molecule has 0 saturated carbocycles. The smallest absolute Gasteiger partial charge is 0.0547 e. The van der Waals surface area contributed by atoms with Crippen LogP contribution in [0.1, 0.15) is 30.8 Å². The van der Waals surface area contributed by atoms with Gasteiger partial charge in [-0.25, -0.2) is 0 Å². The Balaban J connectivity index is 2.07. The van der Waals surface area contributed by atoms with Gasteiger partial charge < -0.3 is 0 Å². The predicted molar refractivity (Wildman–Crippen MR) is 80.1 cm³/mol. The van der Waals surface area contributed by atoms with Crippen LogP contribution >= 0.6 is 0 Å². The van der Waals surface area contributed by atoms with Crippen LogP contribution in [-0.2, 0) is 13.0 Å². The summed E-state index contributed by atoms with van der Waals surface area (Å²) in [7, 11) is 0. The normalized spacial score (nSPS) is 10.9. The van der Waals surface area contributed by atoms with Gasteiger partial charge in [-0.05, 0) is 30.8 Å². The number of hydrogen-bond acceptors (Lipinski definition) is 2. The average Bonchev–Trinajstić information content (AvgIpc) is 2.46. The quantitative estimate of drug-likeness (QED) is 0.784. The van der Waals surface area contributed by atoms with E-state index in [0.717, 1.165) is 37.4 Å². The van der Waals surface area contributed by atoms with E-state index < -0.39 is 0 Å². The largest absolute Gasteiger partial charge is 0.298 e. The molecule has 0 atom stereocenters. The first-order valence-electron chi connectivity index (χ1n) is 7.03. The molecule has 19 heavy (non-hydrogen) atoms. The Kier molecular flexibility index (Phi) is 5.10. The minimum atomic E-state index is 0.910. The zero-order valence-corrected chi connectivity index (χ0v) is 11.8. The van der Waals surface area contributed by atoms with Gasteiger partial charge >= 0.3 is 0 Å². The lowest BCUT2D eigenvalue weighted by atomic mass is 10.1. The Morgan fingerprint density at radius 1 is 0.842 bits per heavy atom. The molecular weight excluding hydrogens is 232 g/mol. The summed E-state index contributed by atoms with van der Waals surface area (Å²) in [6.07, 6.45) is 0.910. The highest BCUT2D eigenvalue weighted by atomic mass is 15.1. The van der Waals surface area contributed by atoms with Gasteiger partial charge in [-0.3, -0.25) is 9.88 Å². The van der Waals surface area contributed by atoms with Crippen LogP contribution < -0.4 is 0 Å². The second-order valence-electron chi connectivity index (χ2n) is 4.74. The van der Waals surface area contributed by atoms with Gasteiger partial charge in [-0.1, -0.05) is 50.2 Å². The molecule has 2 rings (SSSR count). The number of aromatic nitrogens is 1. The van der Waals surface area contributed by atoms with E-state index >= 15 is 0 Å². The summed E-state index contributed by atoms with van der Waals surface area (Å²) < 4.78 is 0. The molecule has 1 aromatic carbocycles. The van der Waals surface area contributed by atoms with E-state index in [0.29, 0.717) is 0 Å². The number of benzene rings is 1. The number of hydrogen-bond donors (Lipinski definition) is 0. The number of pyridine rings is 1. The third-order valence-electron chi connectivity index (χ3n) is 3.37. The topological polar surface area (TPSA) is 16.1 Å². The minimum Gasteiger partial charge on any atom is -0.298 e. The van der Waals surface area contributed by atoms with Crippen molar-refractivity contribution in [1.82, 2.24) is 9.88 Å². The van der Waals surface area contributed by atoms with Gasteiger partial charge in [0.2, 0.25) is 0 Å². The average molecular weight is 254 g/mol. The second kappa shape index (κ2) is 7.05. The van der Waals surface area contributed by atoms with Crippen LogP contribution in [0.4, 0.5) is 0 Å². The van der Waals surface area contributed by atoms with Crippen LogP contribution in [0.5, 0.6) is 0 Å². The molecule has 0 spiro atoms. The first kappa shape index (κ1) is 13.8. The molecule has 0 amide bonds. The summed E-state index contributed by atoms with van der Waals surface area (Å²) in [5.41, 5.74) is 3.63. The van der Waals surface area contributed by atoms with Crippen molar-refractivity contribution in [3.8, 4) is 0 Å². The first-order valence-corrected chi connectivity index (χ1v) is 7.03. The maximum atomic E-state index is 4.76. The molecule has 0 bridgehead atoms. The molecular formula is C17H22N2. The Morgan fingerprint density at radius 2 is 1.53 bits per heavy atom. The Labute approximate surface area is 116 Å². The lowest BCUT2D eigenvalue weighted by molar-refractivity contribution is 0.292. The summed E-state index contributed by atoms with van der Waals surface area (Å²) in [5.74, 6) is 0. The van der Waals surface area contributed by atoms with Gasteiger partial charge in [0.1, 0.15) is 0 Å². The highest BCUT2D eigenvalue weighted by molar-refractivity contribution is 5.22. The van der Waals surface area contributed by atoms with E-state index in [-0.39, 0.29) is 0 Å². The zero-order valence-electron chi connectivity index (χ0n) is 11.8. The van der Waals surface area contributed by atoms with Crippen LogP contribution in [0.15, 0.2) is 48.5 Å². The molecule has 0 fully saturated rings. The zero-order chi connectivity index (χ0) is 13.5. The fourth-order valence-corrected chi connectivity index (χ4v) is 2.20. The fourth-order valence-electron chi connectivity index (χ4n) is 2.20. The Morgan fingerprint density at radius 3 is 2.21 bits per heavy atom. The van der Waals surface area contributed by atoms with Crippen molar-refractivity contribution in [1.29, 1.82) is 0 Å². The van der Waals surface area contributed by atoms with Crippen LogP contribution in [-0.4, -0.2) is 23.0 Å². The van der Waals surface area contributed by atoms with Crippen LogP contribution in [0, 0.1) is 0 Å². The van der Waals surface area contributed by atoms with E-state index in [1.165, 1.54) is 5.56 Å². The van der Waals surface area contributed by atoms with E-state index in [1.54, 1.807) is 0 Å². The highest BCUT2D eigenvalue weighted by Gasteiger charge is 2.04. The van der Waals surface area contributed by atoms with Gasteiger partial charge in [0.05, 0.1) is 5.69 Å². The van der Waals surface area contributed by atoms with Gasteiger partial charge in [0.15, 0.2) is 0 Å². The molecule has 100 valence electrons. The maximum Gasteiger partial charge on any atom is 0.0547 e. The van der Waals surface area contributed by atoms with Crippen LogP contribution in [0.3, 0.4) is 0 Å². The van der Waals surface area contributed by atoms with Crippen molar-refractivity contribution >= 4 is 0 Å². The molecule has 0 radical (unpaired) electrons. The van der Waals surface area contributed by atoms with Crippen molar-refractivity contribution < 1.29 is 0 Å². The second-order valence-corrected chi connectivity index (χ2v) is 4.74. The molecule has 1 aromatic heterocycles. The SMILES string of the molecule is CCN(CC)Cc1cccc(Cc2ccccc2)n1. The van der Waals surface area contributed by atoms with Crippen molar-refractivity contribution in [2.45, 2.75) is 26.8 Å². The summed E-state index contributed by atoms with van der Waals surface area (Å²) in [6, 6.07) is 16.9. The molecule has 0 saturated heterocycles. The molecule has 0 aliphatic heterocycles. The van der Waals surface area contributed by atoms with Crippen molar-refractivity contribution in [2.24, 2.45) is 0 Å². The van der Waals surface area contributed by atoms with E-state index in [9.17, 15) is 0 Å². The molecule has 0 N–H and O–H groups in total. The van der Waals surface area contributed by atoms with Gasteiger partial charge in [-0.2, -0.15) is 0 Å². The molecule has 2 aromatic rings. The van der Waals surface area contributed by atoms with Crippen molar-refractivity contribution in [3.63, 3.8) is 0 Å². The third kappa shape index (κ3) is 4.18. The van der Waals surface area contributed by atoms with Crippen molar-refractivity contribution in [2.75, 3.05) is 13.1 Å². The summed E-state index contributed by atoms with van der Waals surface area (Å²) in [5, 5.41) is 0. The highest BCUT2D eigenvalue weighted by Crippen LogP contribution is 2.09. The monoisotopic (exact) mass is 254 g/mol. The van der Waals surface area contributed by atoms with E-state index in [2.05, 4.69) is 61.2 Å². The lowest BCUT2D eigenvalue weighted by Crippen LogP contribution is -2.22. The van der Waals surface area contributed by atoms with Crippen LogP contribution in [0.2, 0.25) is 0 Å². The molecule has 2 heteroatoms. The molecule has 2 nitrogen and oxygen atoms in total. The molecule has 0 aliphatic rings. The lowest BCUT2D eigenvalue weighted by Gasteiger charge is -2.17. The fraction of sp³-hybridized carbons (Fsp3) is 0.353. The van der Waals surface area contributed by atoms with Crippen LogP contribution in [0.25, 0.3) is 0 Å². The van der Waals surface area contributed by atoms with Crippen molar-refractivity contribution in [3.05, 3.63) is 65.5 Å². The molecule has 1 heterocycles. The van der Waals surface area contributed by atoms with Gasteiger partial charge in [0.25, 0.3) is 0 Å². The number of rotatable bonds is 6. The standard InChI is InChI=1S/C17H22N2/c1-3-19(4-2)14-17-12-8-11-16(18-17)13-15-9-6-5-7-10-15/h5-12H,3-4,13-14H2,1-2H3. The Hall–Kier alpha value is -1.67. The summed E-state index contributed by atoms with van der Waals surface area (Å²) >= 11 is 0. The minimum absolute atomic E-state index is 0.910. The number of nitrogens with zero attached hydrogens (tertiary/aromatic N) is 2. The molecule has 0 aliphatic carbocycles. The molecule has 0 unspecified atom stereocenters. The van der Waals surface area contributed by atoms with Gasteiger partial charge in [0, 0.05) is 18.7 Å². The summed E-state index contributed by atoms with van der Waals surface area (Å²) in [6.45, 7) is 7.46. The predicted octanol–water partition coefficient (Wildman–Crippen LogP) is 3.51. The third-order valence-corrected chi connectivity index (χ3v) is 3.37. The van der Waals surface area contributed by atoms with E-state index in [1.807, 2.05) is 6.07 Å². The van der Waals surface area contributed by atoms with E-state index in [4.69, 9.17) is 4.98 Å². The van der Waals surface area contributed by atoms with Gasteiger partial charge in [-0.15, -0.1) is 0 Å². The first-order chi connectivity index (χ1) is 9.31.